The van der Waals surface area contributed by atoms with E-state index in [1.807, 2.05) is 12.1 Å². The van der Waals surface area contributed by atoms with Crippen LogP contribution in [0, 0.1) is 0 Å². The Hall–Kier alpha value is -4.21. The smallest absolute Gasteiger partial charge is 0.360 e. The molecule has 0 aliphatic carbocycles. The van der Waals surface area contributed by atoms with E-state index in [1.165, 1.54) is 0 Å². The predicted molar refractivity (Wildman–Crippen MR) is 99.9 cm³/mol. The van der Waals surface area contributed by atoms with Gasteiger partial charge in [0.2, 0.25) is 0 Å². The van der Waals surface area contributed by atoms with Gasteiger partial charge in [-0.05, 0) is 11.1 Å². The van der Waals surface area contributed by atoms with Crippen LogP contribution in [-0.4, -0.2) is 43.5 Å². The average Bonchev–Trinajstić information content (AvgIpc) is 3.45. The maximum Gasteiger partial charge on any atom is 0.360 e. The van der Waals surface area contributed by atoms with E-state index in [0.717, 1.165) is 16.5 Å². The van der Waals surface area contributed by atoms with Gasteiger partial charge in [-0.25, -0.2) is 5.10 Å². The normalized spacial score (nSPS) is 11.2. The van der Waals surface area contributed by atoms with E-state index in [9.17, 15) is 4.79 Å². The van der Waals surface area contributed by atoms with E-state index in [1.54, 1.807) is 48.7 Å². The second-order valence-corrected chi connectivity index (χ2v) is 6.12. The summed E-state index contributed by atoms with van der Waals surface area (Å²) in [5, 5.41) is 20.8. The molecular formula is C18H15N8O2+. The summed E-state index contributed by atoms with van der Waals surface area (Å²) in [6.45, 7) is 0. The molecule has 0 saturated heterocycles. The molecule has 1 amide bonds. The van der Waals surface area contributed by atoms with Gasteiger partial charge in [-0.1, -0.05) is 0 Å². The third-order valence-electron chi connectivity index (χ3n) is 4.50. The second kappa shape index (κ2) is 6.20. The van der Waals surface area contributed by atoms with Gasteiger partial charge in [-0.15, -0.1) is 4.52 Å². The van der Waals surface area contributed by atoms with E-state index in [0.29, 0.717) is 28.3 Å². The fourth-order valence-electron chi connectivity index (χ4n) is 3.15. The largest absolute Gasteiger partial charge is 0.496 e. The summed E-state index contributed by atoms with van der Waals surface area (Å²) in [6, 6.07) is 5.55. The number of carbonyl (C=O) groups is 1. The number of hydrogen-bond donors (Lipinski definition) is 4. The second-order valence-electron chi connectivity index (χ2n) is 6.12. The fourth-order valence-corrected chi connectivity index (χ4v) is 3.15. The molecule has 0 bridgehead atoms. The molecule has 0 radical (unpaired) electrons. The van der Waals surface area contributed by atoms with E-state index in [4.69, 9.17) is 4.74 Å². The number of benzene rings is 1. The third kappa shape index (κ3) is 2.47. The first-order valence-corrected chi connectivity index (χ1v) is 8.44. The van der Waals surface area contributed by atoms with Crippen LogP contribution in [0.5, 0.6) is 5.75 Å². The highest BCUT2D eigenvalue weighted by atomic mass is 16.5. The first-order valence-electron chi connectivity index (χ1n) is 8.44. The molecule has 4 N–H and O–H groups in total. The number of nitrogens with zero attached hydrogens (tertiary/aromatic N) is 4. The number of methoxy groups -OCH3 is 1. The number of anilines is 1. The van der Waals surface area contributed by atoms with Crippen LogP contribution in [-0.2, 0) is 0 Å². The van der Waals surface area contributed by atoms with Crippen molar-refractivity contribution < 1.29 is 14.0 Å². The van der Waals surface area contributed by atoms with Gasteiger partial charge in [0.05, 0.1) is 42.6 Å². The Balaban J connectivity index is 1.54. The first-order chi connectivity index (χ1) is 13.7. The van der Waals surface area contributed by atoms with Crippen LogP contribution in [0.15, 0.2) is 49.2 Å². The van der Waals surface area contributed by atoms with Crippen LogP contribution < -0.4 is 14.6 Å². The molecule has 0 aliphatic rings. The molecule has 0 aliphatic heterocycles. The van der Waals surface area contributed by atoms with Gasteiger partial charge in [0, 0.05) is 23.1 Å². The van der Waals surface area contributed by atoms with E-state index >= 15 is 0 Å². The number of hydrogen-bond acceptors (Lipinski definition) is 5. The minimum absolute atomic E-state index is 0.302. The number of ether oxygens (including phenoxy) is 1. The Labute approximate surface area is 157 Å². The van der Waals surface area contributed by atoms with Crippen molar-refractivity contribution in [1.29, 1.82) is 0 Å². The Bertz CT molecular complexity index is 1320. The summed E-state index contributed by atoms with van der Waals surface area (Å²) in [5.41, 5.74) is 3.73. The van der Waals surface area contributed by atoms with Gasteiger partial charge < -0.3 is 10.1 Å². The summed E-state index contributed by atoms with van der Waals surface area (Å²) >= 11 is 0. The molecule has 28 heavy (non-hydrogen) atoms. The number of rotatable bonds is 4. The number of fused-ring (bicyclic) bond motifs is 2. The number of amides is 1. The fraction of sp³-hybridized carbons (Fsp3) is 0.0556. The van der Waals surface area contributed by atoms with Crippen molar-refractivity contribution in [3.8, 4) is 17.0 Å². The number of aromatic amines is 3. The lowest BCUT2D eigenvalue weighted by Crippen LogP contribution is -2.23. The molecule has 0 atom stereocenters. The molecule has 138 valence electrons. The molecule has 5 aromatic rings. The maximum absolute atomic E-state index is 12.8. The molecule has 10 heteroatoms. The minimum Gasteiger partial charge on any atom is -0.496 e. The highest BCUT2D eigenvalue weighted by Crippen LogP contribution is 2.36. The molecule has 10 nitrogen and oxygen atoms in total. The van der Waals surface area contributed by atoms with Gasteiger partial charge in [0.25, 0.3) is 5.91 Å². The molecule has 0 saturated carbocycles. The SMILES string of the molecule is COc1cc2[nH]ncc2cc1-c1[nH]ncc1NC(=O)c1c[nH][n+]2cccnc12. The minimum atomic E-state index is -0.302. The van der Waals surface area contributed by atoms with Crippen LogP contribution in [0.25, 0.3) is 27.8 Å². The topological polar surface area (TPSA) is 128 Å². The van der Waals surface area contributed by atoms with Crippen molar-refractivity contribution in [3.05, 3.63) is 54.7 Å². The average molecular weight is 375 g/mol. The Morgan fingerprint density at radius 1 is 1.21 bits per heavy atom. The van der Waals surface area contributed by atoms with E-state index in [-0.39, 0.29) is 5.91 Å². The zero-order chi connectivity index (χ0) is 19.1. The molecule has 1 aromatic carbocycles. The monoisotopic (exact) mass is 375 g/mol. The maximum atomic E-state index is 12.8. The molecule has 4 aromatic heterocycles. The number of aromatic nitrogens is 7. The van der Waals surface area contributed by atoms with Gasteiger partial charge >= 0.3 is 5.65 Å². The van der Waals surface area contributed by atoms with Gasteiger partial charge in [-0.3, -0.25) is 15.0 Å². The van der Waals surface area contributed by atoms with Crippen molar-refractivity contribution in [3.63, 3.8) is 0 Å². The zero-order valence-corrected chi connectivity index (χ0v) is 14.7. The van der Waals surface area contributed by atoms with Crippen molar-refractivity contribution in [2.75, 3.05) is 12.4 Å². The van der Waals surface area contributed by atoms with E-state index in [2.05, 4.69) is 35.8 Å². The van der Waals surface area contributed by atoms with Crippen LogP contribution in [0.1, 0.15) is 10.4 Å². The summed E-state index contributed by atoms with van der Waals surface area (Å²) in [6.07, 6.45) is 8.31. The molecule has 0 spiro atoms. The number of H-pyrrole nitrogens is 3. The lowest BCUT2D eigenvalue weighted by atomic mass is 10.1. The molecule has 0 unspecified atom stereocenters. The Morgan fingerprint density at radius 2 is 2.11 bits per heavy atom. The Morgan fingerprint density at radius 3 is 3.00 bits per heavy atom. The molecule has 5 rings (SSSR count). The first kappa shape index (κ1) is 16.0. The molecular weight excluding hydrogens is 360 g/mol. The van der Waals surface area contributed by atoms with Crippen LogP contribution >= 0.6 is 0 Å². The Kier molecular flexibility index (Phi) is 3.54. The number of nitrogens with one attached hydrogen (secondary N) is 4. The standard InChI is InChI=1S/C18H14N8O2/c1-28-15-6-13-10(7-20-24-13)5-11(15)16-14(9-21-25-16)23-18(27)12-8-22-26-4-2-3-19-17(12)26/h2-9H,1H3,(H3,20,21,23,24,25,27)/p+1. The van der Waals surface area contributed by atoms with Crippen LogP contribution in [0.4, 0.5) is 5.69 Å². The summed E-state index contributed by atoms with van der Waals surface area (Å²) in [7, 11) is 1.59. The summed E-state index contributed by atoms with van der Waals surface area (Å²) in [4.78, 5) is 17.1. The van der Waals surface area contributed by atoms with Crippen molar-refractivity contribution in [2.24, 2.45) is 0 Å². The highest BCUT2D eigenvalue weighted by Gasteiger charge is 2.22. The summed E-state index contributed by atoms with van der Waals surface area (Å²) in [5.74, 6) is 0.323. The predicted octanol–water partition coefficient (Wildman–Crippen LogP) is 1.68. The van der Waals surface area contributed by atoms with Crippen LogP contribution in [0.2, 0.25) is 0 Å². The molecule has 0 fully saturated rings. The van der Waals surface area contributed by atoms with Gasteiger partial charge in [-0.2, -0.15) is 10.2 Å². The highest BCUT2D eigenvalue weighted by molar-refractivity contribution is 6.09. The lowest BCUT2D eigenvalue weighted by Gasteiger charge is -2.09. The quantitative estimate of drug-likeness (QED) is 0.355. The van der Waals surface area contributed by atoms with Gasteiger partial charge in [0.1, 0.15) is 18.1 Å². The summed E-state index contributed by atoms with van der Waals surface area (Å²) < 4.78 is 7.18. The van der Waals surface area contributed by atoms with Crippen molar-refractivity contribution in [2.45, 2.75) is 0 Å². The van der Waals surface area contributed by atoms with Crippen molar-refractivity contribution in [1.82, 2.24) is 30.5 Å². The lowest BCUT2D eigenvalue weighted by molar-refractivity contribution is -0.579. The molecule has 4 heterocycles. The van der Waals surface area contributed by atoms with Gasteiger partial charge in [0.15, 0.2) is 5.56 Å². The van der Waals surface area contributed by atoms with Crippen molar-refractivity contribution >= 4 is 28.1 Å². The zero-order valence-electron chi connectivity index (χ0n) is 14.7. The van der Waals surface area contributed by atoms with E-state index < -0.39 is 0 Å². The third-order valence-corrected chi connectivity index (χ3v) is 4.50. The van der Waals surface area contributed by atoms with Crippen LogP contribution in [0.3, 0.4) is 0 Å². The number of carbonyl (C=O) groups excluding carboxylic acids is 1.